The Bertz CT molecular complexity index is 858. The molecule has 1 aliphatic heterocycles. The zero-order chi connectivity index (χ0) is 21.0. The number of aromatic nitrogens is 1. The Hall–Kier alpha value is -2.60. The molecule has 29 heavy (non-hydrogen) atoms. The minimum atomic E-state index is -0.379. The molecule has 3 rings (SSSR count). The Balaban J connectivity index is 1.68. The lowest BCUT2D eigenvalue weighted by molar-refractivity contribution is 0.0376. The van der Waals surface area contributed by atoms with Crippen LogP contribution in [0.4, 0.5) is 0 Å². The minimum absolute atomic E-state index is 0.0456. The Kier molecular flexibility index (Phi) is 6.75. The number of esters is 1. The second kappa shape index (κ2) is 9.27. The van der Waals surface area contributed by atoms with Crippen LogP contribution in [0.3, 0.4) is 0 Å². The summed E-state index contributed by atoms with van der Waals surface area (Å²) < 4.78 is 5.34. The van der Waals surface area contributed by atoms with Crippen molar-refractivity contribution in [2.75, 3.05) is 26.2 Å². The van der Waals surface area contributed by atoms with E-state index in [4.69, 9.17) is 4.74 Å². The fraction of sp³-hybridized carbons (Fsp3) is 0.478. The van der Waals surface area contributed by atoms with Crippen molar-refractivity contribution in [3.05, 3.63) is 58.4 Å². The second-order valence-corrected chi connectivity index (χ2v) is 7.99. The molecule has 0 unspecified atom stereocenters. The number of rotatable bonds is 5. The first-order valence-corrected chi connectivity index (χ1v) is 10.3. The van der Waals surface area contributed by atoms with Gasteiger partial charge in [-0.25, -0.2) is 4.79 Å². The van der Waals surface area contributed by atoms with E-state index in [9.17, 15) is 9.59 Å². The van der Waals surface area contributed by atoms with Crippen LogP contribution in [0.25, 0.3) is 0 Å². The highest BCUT2D eigenvalue weighted by Crippen LogP contribution is 2.22. The zero-order valence-corrected chi connectivity index (χ0v) is 17.8. The smallest absolute Gasteiger partial charge is 0.340 e. The van der Waals surface area contributed by atoms with E-state index in [0.717, 1.165) is 26.1 Å². The fourth-order valence-corrected chi connectivity index (χ4v) is 3.87. The summed E-state index contributed by atoms with van der Waals surface area (Å²) in [6.07, 6.45) is 0.732. The summed E-state index contributed by atoms with van der Waals surface area (Å²) in [6.45, 7) is 11.4. The first kappa shape index (κ1) is 21.1. The van der Waals surface area contributed by atoms with Crippen molar-refractivity contribution in [3.8, 4) is 0 Å². The van der Waals surface area contributed by atoms with Gasteiger partial charge in [0.2, 0.25) is 0 Å². The van der Waals surface area contributed by atoms with Gasteiger partial charge in [-0.3, -0.25) is 9.69 Å². The molecule has 1 fully saturated rings. The molecular formula is C23H31N3O3. The van der Waals surface area contributed by atoms with Crippen molar-refractivity contribution in [1.82, 2.24) is 14.8 Å². The summed E-state index contributed by atoms with van der Waals surface area (Å²) in [5, 5.41) is 0. The number of carbonyl (C=O) groups excluding carboxylic acids is 2. The molecule has 6 nitrogen and oxygen atoms in total. The van der Waals surface area contributed by atoms with Crippen molar-refractivity contribution in [2.24, 2.45) is 0 Å². The van der Waals surface area contributed by atoms with E-state index in [1.165, 1.54) is 5.56 Å². The largest absolute Gasteiger partial charge is 0.459 e. The zero-order valence-electron chi connectivity index (χ0n) is 17.8. The normalized spacial score (nSPS) is 15.4. The van der Waals surface area contributed by atoms with Crippen LogP contribution in [0.5, 0.6) is 0 Å². The van der Waals surface area contributed by atoms with Gasteiger partial charge in [-0.05, 0) is 45.2 Å². The maximum Gasteiger partial charge on any atom is 0.340 e. The number of carbonyl (C=O) groups is 2. The maximum atomic E-state index is 13.2. The molecule has 1 aliphatic rings. The predicted molar refractivity (Wildman–Crippen MR) is 113 cm³/mol. The van der Waals surface area contributed by atoms with Gasteiger partial charge < -0.3 is 14.6 Å². The molecule has 156 valence electrons. The van der Waals surface area contributed by atoms with Crippen LogP contribution < -0.4 is 0 Å². The van der Waals surface area contributed by atoms with E-state index in [0.29, 0.717) is 35.6 Å². The lowest BCUT2D eigenvalue weighted by Crippen LogP contribution is -2.35. The number of ether oxygens (including phenoxy) is 1. The van der Waals surface area contributed by atoms with Crippen molar-refractivity contribution in [3.63, 3.8) is 0 Å². The molecule has 1 aromatic heterocycles. The van der Waals surface area contributed by atoms with E-state index in [1.54, 1.807) is 0 Å². The number of aromatic amines is 1. The average molecular weight is 398 g/mol. The van der Waals surface area contributed by atoms with Crippen LogP contribution in [0.15, 0.2) is 30.3 Å². The summed E-state index contributed by atoms with van der Waals surface area (Å²) in [4.78, 5) is 33.0. The van der Waals surface area contributed by atoms with Gasteiger partial charge in [0.25, 0.3) is 5.91 Å². The number of H-pyrrole nitrogens is 1. The Morgan fingerprint density at radius 2 is 1.79 bits per heavy atom. The Morgan fingerprint density at radius 1 is 1.07 bits per heavy atom. The van der Waals surface area contributed by atoms with Gasteiger partial charge in [0.1, 0.15) is 5.69 Å². The SMILES string of the molecule is Cc1[nH]c(C(=O)N2CCCN(Cc3ccccc3)CC2)c(C)c1C(=O)OC(C)C. The number of amides is 1. The molecule has 2 heterocycles. The quantitative estimate of drug-likeness (QED) is 0.784. The fourth-order valence-electron chi connectivity index (χ4n) is 3.87. The first-order valence-electron chi connectivity index (χ1n) is 10.3. The van der Waals surface area contributed by atoms with Crippen LogP contribution in [0, 0.1) is 13.8 Å². The maximum absolute atomic E-state index is 13.2. The molecule has 0 spiro atoms. The minimum Gasteiger partial charge on any atom is -0.459 e. The average Bonchev–Trinajstić information content (AvgIpc) is 2.83. The van der Waals surface area contributed by atoms with Gasteiger partial charge in [0.15, 0.2) is 0 Å². The summed E-state index contributed by atoms with van der Waals surface area (Å²) in [6, 6.07) is 10.4. The number of nitrogens with zero attached hydrogens (tertiary/aromatic N) is 2. The third-order valence-corrected chi connectivity index (χ3v) is 5.32. The molecule has 0 radical (unpaired) electrons. The van der Waals surface area contributed by atoms with E-state index >= 15 is 0 Å². The molecule has 1 amide bonds. The third-order valence-electron chi connectivity index (χ3n) is 5.32. The van der Waals surface area contributed by atoms with Gasteiger partial charge in [-0.2, -0.15) is 0 Å². The van der Waals surface area contributed by atoms with Gasteiger partial charge in [-0.1, -0.05) is 30.3 Å². The van der Waals surface area contributed by atoms with Gasteiger partial charge in [0.05, 0.1) is 11.7 Å². The highest BCUT2D eigenvalue weighted by atomic mass is 16.5. The summed E-state index contributed by atoms with van der Waals surface area (Å²) in [5.74, 6) is -0.425. The standard InChI is InChI=1S/C23H31N3O3/c1-16(2)29-23(28)20-17(3)21(24-18(20)4)22(27)26-12-8-11-25(13-14-26)15-19-9-6-5-7-10-19/h5-7,9-10,16,24H,8,11-15H2,1-4H3. The number of nitrogens with one attached hydrogen (secondary N) is 1. The summed E-state index contributed by atoms with van der Waals surface area (Å²) in [5.41, 5.74) is 3.61. The Labute approximate surface area is 172 Å². The molecule has 0 aliphatic carbocycles. The topological polar surface area (TPSA) is 65.6 Å². The van der Waals surface area contributed by atoms with Crippen molar-refractivity contribution >= 4 is 11.9 Å². The van der Waals surface area contributed by atoms with Crippen molar-refractivity contribution < 1.29 is 14.3 Å². The molecule has 1 saturated heterocycles. The lowest BCUT2D eigenvalue weighted by Gasteiger charge is -2.22. The number of hydrogen-bond donors (Lipinski definition) is 1. The van der Waals surface area contributed by atoms with Gasteiger partial charge in [-0.15, -0.1) is 0 Å². The molecule has 1 aromatic carbocycles. The monoisotopic (exact) mass is 397 g/mol. The van der Waals surface area contributed by atoms with Crippen LogP contribution in [-0.2, 0) is 11.3 Å². The summed E-state index contributed by atoms with van der Waals surface area (Å²) >= 11 is 0. The predicted octanol–water partition coefficient (Wildman–Crippen LogP) is 3.54. The van der Waals surface area contributed by atoms with E-state index in [-0.39, 0.29) is 18.0 Å². The number of hydrogen-bond acceptors (Lipinski definition) is 4. The molecule has 2 aromatic rings. The van der Waals surface area contributed by atoms with Crippen molar-refractivity contribution in [2.45, 2.75) is 46.8 Å². The van der Waals surface area contributed by atoms with Crippen molar-refractivity contribution in [1.29, 1.82) is 0 Å². The highest BCUT2D eigenvalue weighted by Gasteiger charge is 2.27. The third kappa shape index (κ3) is 5.07. The first-order chi connectivity index (χ1) is 13.9. The molecule has 0 saturated carbocycles. The summed E-state index contributed by atoms with van der Waals surface area (Å²) in [7, 11) is 0. The second-order valence-electron chi connectivity index (χ2n) is 7.99. The van der Waals surface area contributed by atoms with Crippen LogP contribution >= 0.6 is 0 Å². The molecule has 6 heteroatoms. The number of aryl methyl sites for hydroxylation is 1. The van der Waals surface area contributed by atoms with Crippen LogP contribution in [-0.4, -0.2) is 58.9 Å². The van der Waals surface area contributed by atoms with Gasteiger partial charge >= 0.3 is 5.97 Å². The lowest BCUT2D eigenvalue weighted by atomic mass is 10.1. The van der Waals surface area contributed by atoms with E-state index < -0.39 is 0 Å². The van der Waals surface area contributed by atoms with Crippen LogP contribution in [0.2, 0.25) is 0 Å². The Morgan fingerprint density at radius 3 is 2.48 bits per heavy atom. The van der Waals surface area contributed by atoms with Gasteiger partial charge in [0, 0.05) is 38.4 Å². The highest BCUT2D eigenvalue weighted by molar-refractivity contribution is 6.00. The van der Waals surface area contributed by atoms with Crippen LogP contribution in [0.1, 0.15) is 57.9 Å². The molecule has 0 atom stereocenters. The number of benzene rings is 1. The van der Waals surface area contributed by atoms with E-state index in [1.807, 2.05) is 38.7 Å². The molecule has 1 N–H and O–H groups in total. The molecule has 0 bridgehead atoms. The molecular weight excluding hydrogens is 366 g/mol. The van der Waals surface area contributed by atoms with E-state index in [2.05, 4.69) is 34.1 Å².